The van der Waals surface area contributed by atoms with Crippen molar-refractivity contribution < 1.29 is 9.26 Å². The Morgan fingerprint density at radius 1 is 1.00 bits per heavy atom. The molecule has 0 radical (unpaired) electrons. The predicted octanol–water partition coefficient (Wildman–Crippen LogP) is 3.89. The zero-order chi connectivity index (χ0) is 14.2. The molecule has 1 aliphatic heterocycles. The third-order valence-electron chi connectivity index (χ3n) is 5.05. The maximum Gasteiger partial charge on any atom is 0.229 e. The first-order valence-electron chi connectivity index (χ1n) is 7.95. The minimum absolute atomic E-state index is 0.346. The van der Waals surface area contributed by atoms with Gasteiger partial charge in [-0.15, -0.1) is 0 Å². The van der Waals surface area contributed by atoms with Crippen molar-refractivity contribution in [3.05, 3.63) is 11.7 Å². The van der Waals surface area contributed by atoms with Gasteiger partial charge in [0.1, 0.15) is 0 Å². The zero-order valence-corrected chi connectivity index (χ0v) is 12.9. The topological polar surface area (TPSA) is 48.2 Å². The van der Waals surface area contributed by atoms with Gasteiger partial charge in [-0.25, -0.2) is 0 Å². The van der Waals surface area contributed by atoms with E-state index in [-0.39, 0.29) is 0 Å². The summed E-state index contributed by atoms with van der Waals surface area (Å²) in [5.74, 6) is 3.36. The molecular formula is C16H26N2O2. The molecule has 0 aromatic carbocycles. The lowest BCUT2D eigenvalue weighted by atomic mass is 9.70. The highest BCUT2D eigenvalue weighted by atomic mass is 16.5. The van der Waals surface area contributed by atoms with Crippen molar-refractivity contribution >= 4 is 0 Å². The van der Waals surface area contributed by atoms with E-state index in [9.17, 15) is 0 Å². The molecule has 0 N–H and O–H groups in total. The third kappa shape index (κ3) is 2.90. The van der Waals surface area contributed by atoms with Crippen LogP contribution in [0.2, 0.25) is 0 Å². The normalized spacial score (nSPS) is 31.6. The molecule has 1 aromatic rings. The molecule has 2 heterocycles. The average molecular weight is 278 g/mol. The molecule has 4 heteroatoms. The SMILES string of the molecule is CC(C)(C)C1CCC(c2nc(C3CCOC3)no2)CC1. The van der Waals surface area contributed by atoms with Crippen LogP contribution in [0.4, 0.5) is 0 Å². The second kappa shape index (κ2) is 5.47. The quantitative estimate of drug-likeness (QED) is 0.823. The van der Waals surface area contributed by atoms with Crippen molar-refractivity contribution in [2.45, 2.75) is 64.7 Å². The molecule has 2 fully saturated rings. The summed E-state index contributed by atoms with van der Waals surface area (Å²) >= 11 is 0. The molecular weight excluding hydrogens is 252 g/mol. The first-order valence-corrected chi connectivity index (χ1v) is 7.95. The summed E-state index contributed by atoms with van der Waals surface area (Å²) in [7, 11) is 0. The fourth-order valence-electron chi connectivity index (χ4n) is 3.52. The van der Waals surface area contributed by atoms with Crippen LogP contribution < -0.4 is 0 Å². The third-order valence-corrected chi connectivity index (χ3v) is 5.05. The maximum absolute atomic E-state index is 5.52. The van der Waals surface area contributed by atoms with Crippen molar-refractivity contribution in [2.75, 3.05) is 13.2 Å². The molecule has 1 saturated carbocycles. The number of nitrogens with zero attached hydrogens (tertiary/aromatic N) is 2. The maximum atomic E-state index is 5.52. The molecule has 1 unspecified atom stereocenters. The van der Waals surface area contributed by atoms with Gasteiger partial charge in [0.15, 0.2) is 5.82 Å². The van der Waals surface area contributed by atoms with Crippen LogP contribution in [0.15, 0.2) is 4.52 Å². The highest BCUT2D eigenvalue weighted by Crippen LogP contribution is 2.43. The van der Waals surface area contributed by atoms with E-state index >= 15 is 0 Å². The van der Waals surface area contributed by atoms with Crippen molar-refractivity contribution in [3.63, 3.8) is 0 Å². The molecule has 4 nitrogen and oxygen atoms in total. The second-order valence-corrected chi connectivity index (χ2v) is 7.47. The lowest BCUT2D eigenvalue weighted by Gasteiger charge is -2.35. The minimum atomic E-state index is 0.346. The highest BCUT2D eigenvalue weighted by molar-refractivity contribution is 5.02. The van der Waals surface area contributed by atoms with Crippen LogP contribution in [-0.4, -0.2) is 23.4 Å². The Bertz CT molecular complexity index is 436. The monoisotopic (exact) mass is 278 g/mol. The van der Waals surface area contributed by atoms with Crippen LogP contribution in [0, 0.1) is 11.3 Å². The Morgan fingerprint density at radius 2 is 1.75 bits per heavy atom. The van der Waals surface area contributed by atoms with Gasteiger partial charge in [0, 0.05) is 18.4 Å². The zero-order valence-electron chi connectivity index (χ0n) is 12.9. The van der Waals surface area contributed by atoms with E-state index in [0.717, 1.165) is 37.3 Å². The first kappa shape index (κ1) is 14.1. The van der Waals surface area contributed by atoms with Gasteiger partial charge in [-0.1, -0.05) is 25.9 Å². The van der Waals surface area contributed by atoms with Crippen molar-refractivity contribution in [2.24, 2.45) is 11.3 Å². The van der Waals surface area contributed by atoms with E-state index < -0.39 is 0 Å². The van der Waals surface area contributed by atoms with Gasteiger partial charge in [0.25, 0.3) is 0 Å². The lowest BCUT2D eigenvalue weighted by molar-refractivity contribution is 0.159. The summed E-state index contributed by atoms with van der Waals surface area (Å²) in [6.45, 7) is 8.62. The molecule has 1 saturated heterocycles. The largest absolute Gasteiger partial charge is 0.381 e. The number of hydrogen-bond acceptors (Lipinski definition) is 4. The average Bonchev–Trinajstić information content (AvgIpc) is 3.09. The Balaban J connectivity index is 1.61. The predicted molar refractivity (Wildman–Crippen MR) is 76.6 cm³/mol. The number of ether oxygens (including phenoxy) is 1. The molecule has 0 amide bonds. The smallest absolute Gasteiger partial charge is 0.229 e. The fraction of sp³-hybridized carbons (Fsp3) is 0.875. The molecule has 0 spiro atoms. The molecule has 1 atom stereocenters. The Kier molecular flexibility index (Phi) is 3.85. The van der Waals surface area contributed by atoms with Crippen molar-refractivity contribution in [3.8, 4) is 0 Å². The summed E-state index contributed by atoms with van der Waals surface area (Å²) in [6, 6.07) is 0. The van der Waals surface area contributed by atoms with Gasteiger partial charge >= 0.3 is 0 Å². The van der Waals surface area contributed by atoms with Crippen LogP contribution in [0.5, 0.6) is 0 Å². The van der Waals surface area contributed by atoms with E-state index in [0.29, 0.717) is 17.3 Å². The van der Waals surface area contributed by atoms with E-state index in [2.05, 4.69) is 30.9 Å². The van der Waals surface area contributed by atoms with Crippen molar-refractivity contribution in [1.29, 1.82) is 0 Å². The van der Waals surface area contributed by atoms with Crippen LogP contribution in [0.25, 0.3) is 0 Å². The molecule has 112 valence electrons. The van der Waals surface area contributed by atoms with Crippen molar-refractivity contribution in [1.82, 2.24) is 10.1 Å². The van der Waals surface area contributed by atoms with Gasteiger partial charge in [0.05, 0.1) is 6.61 Å². The summed E-state index contributed by atoms with van der Waals surface area (Å²) in [6.07, 6.45) is 5.95. The van der Waals surface area contributed by atoms with Crippen LogP contribution >= 0.6 is 0 Å². The lowest BCUT2D eigenvalue weighted by Crippen LogP contribution is -2.25. The molecule has 1 aromatic heterocycles. The summed E-state index contributed by atoms with van der Waals surface area (Å²) in [5.41, 5.74) is 0.423. The van der Waals surface area contributed by atoms with Crippen LogP contribution in [0.3, 0.4) is 0 Å². The van der Waals surface area contributed by atoms with Gasteiger partial charge in [-0.3, -0.25) is 0 Å². The Labute approximate surface area is 121 Å². The Morgan fingerprint density at radius 3 is 2.35 bits per heavy atom. The van der Waals surface area contributed by atoms with E-state index in [1.54, 1.807) is 0 Å². The number of hydrogen-bond donors (Lipinski definition) is 0. The molecule has 3 rings (SSSR count). The van der Waals surface area contributed by atoms with Gasteiger partial charge in [-0.2, -0.15) is 4.98 Å². The second-order valence-electron chi connectivity index (χ2n) is 7.47. The van der Waals surface area contributed by atoms with Crippen LogP contribution in [0.1, 0.15) is 76.4 Å². The van der Waals surface area contributed by atoms with E-state index in [4.69, 9.17) is 9.26 Å². The molecule has 20 heavy (non-hydrogen) atoms. The summed E-state index contributed by atoms with van der Waals surface area (Å²) < 4.78 is 10.9. The van der Waals surface area contributed by atoms with Gasteiger partial charge in [0.2, 0.25) is 5.89 Å². The fourth-order valence-corrected chi connectivity index (χ4v) is 3.52. The van der Waals surface area contributed by atoms with Crippen LogP contribution in [-0.2, 0) is 4.74 Å². The van der Waals surface area contributed by atoms with E-state index in [1.165, 1.54) is 25.7 Å². The highest BCUT2D eigenvalue weighted by Gasteiger charge is 2.33. The van der Waals surface area contributed by atoms with Gasteiger partial charge in [-0.05, 0) is 43.4 Å². The van der Waals surface area contributed by atoms with Gasteiger partial charge < -0.3 is 9.26 Å². The molecule has 0 bridgehead atoms. The minimum Gasteiger partial charge on any atom is -0.381 e. The number of aromatic nitrogens is 2. The first-order chi connectivity index (χ1) is 9.54. The summed E-state index contributed by atoms with van der Waals surface area (Å²) in [4.78, 5) is 4.65. The van der Waals surface area contributed by atoms with E-state index in [1.807, 2.05) is 0 Å². The number of rotatable bonds is 2. The standard InChI is InChI=1S/C16H26N2O2/c1-16(2,3)13-6-4-11(5-7-13)15-17-14(18-20-15)12-8-9-19-10-12/h11-13H,4-10H2,1-3H3. The molecule has 1 aliphatic carbocycles. The summed E-state index contributed by atoms with van der Waals surface area (Å²) in [5, 5.41) is 4.18. The molecule has 2 aliphatic rings. The Hall–Kier alpha value is -0.900.